The normalized spacial score (nSPS) is 19.3. The van der Waals surface area contributed by atoms with Crippen LogP contribution in [0.4, 0.5) is 0 Å². The lowest BCUT2D eigenvalue weighted by Crippen LogP contribution is -2.38. The molecule has 0 fully saturated rings. The van der Waals surface area contributed by atoms with Gasteiger partial charge in [0, 0.05) is 19.1 Å². The molecule has 19 heavy (non-hydrogen) atoms. The zero-order valence-corrected chi connectivity index (χ0v) is 13.8. The highest BCUT2D eigenvalue weighted by atomic mass is 15.1. The van der Waals surface area contributed by atoms with Gasteiger partial charge in [0.25, 0.3) is 0 Å². The Morgan fingerprint density at radius 1 is 1.32 bits per heavy atom. The lowest BCUT2D eigenvalue weighted by Gasteiger charge is -2.35. The van der Waals surface area contributed by atoms with Gasteiger partial charge in [-0.15, -0.1) is 0 Å². The fraction of sp³-hybridized carbons (Fsp3) is 0.882. The summed E-state index contributed by atoms with van der Waals surface area (Å²) in [6, 6.07) is 0.723. The van der Waals surface area contributed by atoms with Crippen LogP contribution in [0.3, 0.4) is 0 Å². The van der Waals surface area contributed by atoms with Gasteiger partial charge < -0.3 is 5.32 Å². The third-order valence-electron chi connectivity index (χ3n) is 4.23. The molecular formula is C17H34N2. The number of nitrogens with one attached hydrogen (secondary N) is 1. The zero-order valence-electron chi connectivity index (χ0n) is 13.8. The molecule has 1 rings (SSSR count). The van der Waals surface area contributed by atoms with Crippen molar-refractivity contribution in [2.75, 3.05) is 26.2 Å². The first kappa shape index (κ1) is 16.7. The number of rotatable bonds is 7. The summed E-state index contributed by atoms with van der Waals surface area (Å²) in [7, 11) is 0. The van der Waals surface area contributed by atoms with Crippen LogP contribution in [0.15, 0.2) is 11.6 Å². The Labute approximate surface area is 120 Å². The van der Waals surface area contributed by atoms with Crippen molar-refractivity contribution in [2.24, 2.45) is 5.41 Å². The maximum atomic E-state index is 3.49. The predicted octanol–water partition coefficient (Wildman–Crippen LogP) is 3.83. The van der Waals surface area contributed by atoms with E-state index in [2.05, 4.69) is 50.9 Å². The highest BCUT2D eigenvalue weighted by Crippen LogP contribution is 2.30. The Kier molecular flexibility index (Phi) is 7.09. The van der Waals surface area contributed by atoms with E-state index in [0.29, 0.717) is 5.41 Å². The molecule has 1 unspecified atom stereocenters. The molecule has 2 heteroatoms. The van der Waals surface area contributed by atoms with Crippen molar-refractivity contribution in [1.29, 1.82) is 0 Å². The van der Waals surface area contributed by atoms with Crippen molar-refractivity contribution in [3.05, 3.63) is 11.6 Å². The van der Waals surface area contributed by atoms with Crippen LogP contribution in [0.25, 0.3) is 0 Å². The molecular weight excluding hydrogens is 232 g/mol. The first-order valence-electron chi connectivity index (χ1n) is 8.09. The van der Waals surface area contributed by atoms with Crippen molar-refractivity contribution in [3.63, 3.8) is 0 Å². The molecule has 1 aliphatic rings. The molecule has 0 aromatic heterocycles. The lowest BCUT2D eigenvalue weighted by molar-refractivity contribution is 0.204. The van der Waals surface area contributed by atoms with E-state index in [9.17, 15) is 0 Å². The van der Waals surface area contributed by atoms with Gasteiger partial charge in [-0.2, -0.15) is 0 Å². The van der Waals surface area contributed by atoms with E-state index in [-0.39, 0.29) is 0 Å². The Morgan fingerprint density at radius 2 is 2.05 bits per heavy atom. The summed E-state index contributed by atoms with van der Waals surface area (Å²) >= 11 is 0. The SMILES string of the molecule is CCCNCCCC(C)N1CC=C(C(C)(C)C)CC1. The summed E-state index contributed by atoms with van der Waals surface area (Å²) in [6.45, 7) is 16.3. The Balaban J connectivity index is 2.25. The van der Waals surface area contributed by atoms with Gasteiger partial charge in [0.05, 0.1) is 0 Å². The molecule has 0 saturated heterocycles. The first-order valence-corrected chi connectivity index (χ1v) is 8.09. The van der Waals surface area contributed by atoms with Crippen LogP contribution in [0.2, 0.25) is 0 Å². The van der Waals surface area contributed by atoms with Gasteiger partial charge in [-0.1, -0.05) is 39.3 Å². The van der Waals surface area contributed by atoms with Crippen molar-refractivity contribution in [3.8, 4) is 0 Å². The van der Waals surface area contributed by atoms with Gasteiger partial charge >= 0.3 is 0 Å². The monoisotopic (exact) mass is 266 g/mol. The molecule has 0 spiro atoms. The Bertz CT molecular complexity index is 275. The topological polar surface area (TPSA) is 15.3 Å². The van der Waals surface area contributed by atoms with Crippen LogP contribution in [0, 0.1) is 5.41 Å². The maximum Gasteiger partial charge on any atom is 0.0168 e. The van der Waals surface area contributed by atoms with E-state index < -0.39 is 0 Å². The summed E-state index contributed by atoms with van der Waals surface area (Å²) < 4.78 is 0. The van der Waals surface area contributed by atoms with Gasteiger partial charge in [0.2, 0.25) is 0 Å². The molecule has 1 aliphatic heterocycles. The smallest absolute Gasteiger partial charge is 0.0168 e. The highest BCUT2D eigenvalue weighted by Gasteiger charge is 2.23. The second kappa shape index (κ2) is 8.06. The number of nitrogens with zero attached hydrogens (tertiary/aromatic N) is 1. The summed E-state index contributed by atoms with van der Waals surface area (Å²) in [5.74, 6) is 0. The minimum atomic E-state index is 0.361. The largest absolute Gasteiger partial charge is 0.317 e. The summed E-state index contributed by atoms with van der Waals surface area (Å²) in [5.41, 5.74) is 2.00. The van der Waals surface area contributed by atoms with Gasteiger partial charge in [-0.25, -0.2) is 0 Å². The molecule has 112 valence electrons. The third kappa shape index (κ3) is 6.09. The fourth-order valence-corrected chi connectivity index (χ4v) is 2.77. The van der Waals surface area contributed by atoms with Crippen LogP contribution in [-0.2, 0) is 0 Å². The van der Waals surface area contributed by atoms with Gasteiger partial charge in [0.15, 0.2) is 0 Å². The van der Waals surface area contributed by atoms with Crippen LogP contribution in [-0.4, -0.2) is 37.1 Å². The number of hydrogen-bond donors (Lipinski definition) is 1. The van der Waals surface area contributed by atoms with Gasteiger partial charge in [-0.3, -0.25) is 4.90 Å². The summed E-state index contributed by atoms with van der Waals surface area (Å²) in [6.07, 6.45) is 7.57. The van der Waals surface area contributed by atoms with Crippen molar-refractivity contribution in [2.45, 2.75) is 66.3 Å². The van der Waals surface area contributed by atoms with E-state index in [4.69, 9.17) is 0 Å². The van der Waals surface area contributed by atoms with E-state index in [1.807, 2.05) is 0 Å². The van der Waals surface area contributed by atoms with E-state index in [0.717, 1.165) is 19.1 Å². The maximum absolute atomic E-state index is 3.49. The predicted molar refractivity (Wildman–Crippen MR) is 85.6 cm³/mol. The molecule has 0 bridgehead atoms. The van der Waals surface area contributed by atoms with Gasteiger partial charge in [0.1, 0.15) is 0 Å². The number of hydrogen-bond acceptors (Lipinski definition) is 2. The average Bonchev–Trinajstić information content (AvgIpc) is 2.37. The third-order valence-corrected chi connectivity index (χ3v) is 4.23. The van der Waals surface area contributed by atoms with Crippen LogP contribution >= 0.6 is 0 Å². The molecule has 0 aromatic rings. The van der Waals surface area contributed by atoms with Crippen molar-refractivity contribution in [1.82, 2.24) is 10.2 Å². The minimum absolute atomic E-state index is 0.361. The van der Waals surface area contributed by atoms with Gasteiger partial charge in [-0.05, 0) is 51.1 Å². The molecule has 1 heterocycles. The van der Waals surface area contributed by atoms with Crippen molar-refractivity contribution >= 4 is 0 Å². The van der Waals surface area contributed by atoms with Crippen LogP contribution in [0.5, 0.6) is 0 Å². The van der Waals surface area contributed by atoms with Crippen LogP contribution < -0.4 is 5.32 Å². The molecule has 0 aliphatic carbocycles. The fourth-order valence-electron chi connectivity index (χ4n) is 2.77. The molecule has 0 radical (unpaired) electrons. The first-order chi connectivity index (χ1) is 8.95. The summed E-state index contributed by atoms with van der Waals surface area (Å²) in [5, 5.41) is 3.49. The molecule has 1 atom stereocenters. The second-order valence-electron chi connectivity index (χ2n) is 6.97. The Morgan fingerprint density at radius 3 is 2.58 bits per heavy atom. The quantitative estimate of drug-likeness (QED) is 0.556. The second-order valence-corrected chi connectivity index (χ2v) is 6.97. The van der Waals surface area contributed by atoms with E-state index in [1.54, 1.807) is 5.57 Å². The standard InChI is InChI=1S/C17H34N2/c1-6-11-18-12-7-8-15(2)19-13-9-16(10-14-19)17(3,4)5/h9,15,18H,6-8,10-14H2,1-5H3. The molecule has 2 nitrogen and oxygen atoms in total. The lowest BCUT2D eigenvalue weighted by atomic mass is 9.82. The highest BCUT2D eigenvalue weighted by molar-refractivity contribution is 5.14. The van der Waals surface area contributed by atoms with E-state index >= 15 is 0 Å². The van der Waals surface area contributed by atoms with Crippen molar-refractivity contribution < 1.29 is 0 Å². The average molecular weight is 266 g/mol. The minimum Gasteiger partial charge on any atom is -0.317 e. The zero-order chi connectivity index (χ0) is 14.3. The van der Waals surface area contributed by atoms with E-state index in [1.165, 1.54) is 38.8 Å². The summed E-state index contributed by atoms with van der Waals surface area (Å²) in [4.78, 5) is 2.63. The molecule has 0 aromatic carbocycles. The molecule has 0 saturated carbocycles. The van der Waals surface area contributed by atoms with Crippen LogP contribution in [0.1, 0.15) is 60.3 Å². The Hall–Kier alpha value is -0.340. The molecule has 1 N–H and O–H groups in total. The molecule has 0 amide bonds.